The summed E-state index contributed by atoms with van der Waals surface area (Å²) >= 11 is 0. The van der Waals surface area contributed by atoms with Gasteiger partial charge in [0.25, 0.3) is 5.91 Å². The Morgan fingerprint density at radius 2 is 1.76 bits per heavy atom. The first-order valence-corrected chi connectivity index (χ1v) is 6.35. The van der Waals surface area contributed by atoms with E-state index < -0.39 is 35.5 Å². The molecule has 0 bridgehead atoms. The number of amides is 1. The molecule has 0 radical (unpaired) electrons. The molecule has 1 aromatic rings. The number of aliphatic carboxylic acids is 1. The van der Waals surface area contributed by atoms with Crippen LogP contribution < -0.4 is 11.1 Å². The van der Waals surface area contributed by atoms with E-state index in [0.717, 1.165) is 4.57 Å². The second kappa shape index (κ2) is 7.01. The van der Waals surface area contributed by atoms with Crippen molar-refractivity contribution in [1.82, 2.24) is 9.88 Å². The van der Waals surface area contributed by atoms with Gasteiger partial charge in [-0.1, -0.05) is 0 Å². The molecular formula is C12H10F6N4O3. The van der Waals surface area contributed by atoms with Gasteiger partial charge in [0.15, 0.2) is 0 Å². The van der Waals surface area contributed by atoms with Crippen molar-refractivity contribution in [1.29, 1.82) is 5.26 Å². The number of nitrogens with zero attached hydrogens (tertiary/aromatic N) is 2. The molecule has 0 unspecified atom stereocenters. The van der Waals surface area contributed by atoms with E-state index in [1.807, 2.05) is 0 Å². The van der Waals surface area contributed by atoms with Crippen molar-refractivity contribution < 1.29 is 41.0 Å². The number of carbonyl (C=O) groups is 2. The molecule has 0 spiro atoms. The first-order valence-electron chi connectivity index (χ1n) is 6.35. The molecule has 25 heavy (non-hydrogen) atoms. The summed E-state index contributed by atoms with van der Waals surface area (Å²) < 4.78 is 71.6. The van der Waals surface area contributed by atoms with Crippen LogP contribution in [0.25, 0.3) is 0 Å². The highest BCUT2D eigenvalue weighted by Crippen LogP contribution is 2.37. The number of nitriles is 1. The number of carboxylic acid groups (broad SMARTS) is 1. The van der Waals surface area contributed by atoms with E-state index in [-0.39, 0.29) is 24.3 Å². The predicted molar refractivity (Wildman–Crippen MR) is 68.1 cm³/mol. The molecule has 1 aromatic heterocycles. The van der Waals surface area contributed by atoms with Crippen molar-refractivity contribution >= 4 is 11.9 Å². The largest absolute Gasteiger partial charge is 0.490 e. The lowest BCUT2D eigenvalue weighted by Gasteiger charge is -2.20. The highest BCUT2D eigenvalue weighted by molar-refractivity contribution is 5.97. The van der Waals surface area contributed by atoms with Gasteiger partial charge in [-0.2, -0.15) is 31.6 Å². The van der Waals surface area contributed by atoms with Crippen molar-refractivity contribution in [3.05, 3.63) is 22.5 Å². The average Bonchev–Trinajstić information content (AvgIpc) is 2.80. The Hall–Kier alpha value is -2.75. The third-order valence-electron chi connectivity index (χ3n) is 3.04. The predicted octanol–water partition coefficient (Wildman–Crippen LogP) is 1.21. The fraction of sp³-hybridized carbons (Fsp3) is 0.417. The second-order valence-corrected chi connectivity index (χ2v) is 4.65. The summed E-state index contributed by atoms with van der Waals surface area (Å²) in [5.74, 6) is -3.78. The van der Waals surface area contributed by atoms with Crippen molar-refractivity contribution in [2.75, 3.05) is 6.54 Å². The van der Waals surface area contributed by atoms with E-state index in [1.165, 1.54) is 6.07 Å². The summed E-state index contributed by atoms with van der Waals surface area (Å²) in [6, 6.07) is 1.44. The van der Waals surface area contributed by atoms with Crippen LogP contribution in [-0.4, -0.2) is 34.3 Å². The van der Waals surface area contributed by atoms with Crippen LogP contribution in [0, 0.1) is 11.3 Å². The highest BCUT2D eigenvalue weighted by Gasteiger charge is 2.42. The molecule has 1 aliphatic heterocycles. The molecule has 0 saturated carbocycles. The number of alkyl halides is 6. The van der Waals surface area contributed by atoms with Crippen LogP contribution in [0.3, 0.4) is 0 Å². The van der Waals surface area contributed by atoms with Crippen molar-refractivity contribution in [2.24, 2.45) is 5.73 Å². The Morgan fingerprint density at radius 3 is 2.12 bits per heavy atom. The summed E-state index contributed by atoms with van der Waals surface area (Å²) in [6.07, 6.45) is -9.77. The third-order valence-corrected chi connectivity index (χ3v) is 3.04. The minimum Gasteiger partial charge on any atom is -0.475 e. The number of fused-ring (bicyclic) bond motifs is 1. The number of aromatic nitrogens is 1. The van der Waals surface area contributed by atoms with E-state index in [2.05, 4.69) is 5.32 Å². The molecular weight excluding hydrogens is 362 g/mol. The number of rotatable bonds is 1. The third kappa shape index (κ3) is 4.41. The number of primary amides is 1. The Kier molecular flexibility index (Phi) is 5.69. The molecule has 2 heterocycles. The lowest BCUT2D eigenvalue weighted by Crippen LogP contribution is -2.31. The van der Waals surface area contributed by atoms with Crippen molar-refractivity contribution in [3.8, 4) is 6.07 Å². The lowest BCUT2D eigenvalue weighted by molar-refractivity contribution is -0.192. The number of carboxylic acids is 1. The van der Waals surface area contributed by atoms with Crippen LogP contribution in [0.15, 0.2) is 0 Å². The van der Waals surface area contributed by atoms with Gasteiger partial charge in [0.1, 0.15) is 11.8 Å². The Balaban J connectivity index is 0.000000381. The minimum absolute atomic E-state index is 0.0478. The summed E-state index contributed by atoms with van der Waals surface area (Å²) in [5, 5.41) is 18.8. The monoisotopic (exact) mass is 372 g/mol. The number of carbonyl (C=O) groups excluding carboxylic acids is 1. The minimum atomic E-state index is -5.08. The zero-order valence-electron chi connectivity index (χ0n) is 12.1. The maximum atomic E-state index is 13.0. The Morgan fingerprint density at radius 1 is 1.24 bits per heavy atom. The maximum Gasteiger partial charge on any atom is 0.490 e. The summed E-state index contributed by atoms with van der Waals surface area (Å²) in [5.41, 5.74) is 3.08. The van der Waals surface area contributed by atoms with Crippen molar-refractivity contribution in [3.63, 3.8) is 0 Å². The molecule has 138 valence electrons. The van der Waals surface area contributed by atoms with E-state index in [0.29, 0.717) is 6.54 Å². The Labute approximate surface area is 135 Å². The first kappa shape index (κ1) is 20.3. The van der Waals surface area contributed by atoms with Gasteiger partial charge in [-0.05, 0) is 0 Å². The van der Waals surface area contributed by atoms with Crippen LogP contribution in [0.5, 0.6) is 0 Å². The molecule has 0 saturated heterocycles. The van der Waals surface area contributed by atoms with E-state index in [9.17, 15) is 31.1 Å². The van der Waals surface area contributed by atoms with E-state index >= 15 is 0 Å². The summed E-state index contributed by atoms with van der Waals surface area (Å²) in [4.78, 5) is 20.2. The SMILES string of the molecule is N#Cc1c(C(N)=O)c2n(c1C(F)(F)F)CCNC2.O=C(O)C(F)(F)F. The van der Waals surface area contributed by atoms with Gasteiger partial charge in [0, 0.05) is 25.3 Å². The zero-order valence-corrected chi connectivity index (χ0v) is 12.1. The number of hydrogen-bond donors (Lipinski definition) is 3. The molecule has 1 aliphatic rings. The standard InChI is InChI=1S/C10H9F3N4O.C2HF3O2/c11-10(12,13)8-5(3-14)7(9(15)18)6-4-16-1-2-17(6)8;3-2(4,5)1(6)7/h16H,1-2,4H2,(H2,15,18);(H,6,7). The van der Waals surface area contributed by atoms with Gasteiger partial charge in [0.2, 0.25) is 0 Å². The molecule has 0 aromatic carbocycles. The molecule has 4 N–H and O–H groups in total. The van der Waals surface area contributed by atoms with E-state index in [1.54, 1.807) is 0 Å². The van der Waals surface area contributed by atoms with Crippen LogP contribution in [0.4, 0.5) is 26.3 Å². The lowest BCUT2D eigenvalue weighted by atomic mass is 10.1. The topological polar surface area (TPSA) is 121 Å². The van der Waals surface area contributed by atoms with Gasteiger partial charge >= 0.3 is 18.3 Å². The molecule has 13 heteroatoms. The fourth-order valence-electron chi connectivity index (χ4n) is 2.16. The first-order chi connectivity index (χ1) is 11.3. The highest BCUT2D eigenvalue weighted by atomic mass is 19.4. The number of nitrogens with two attached hydrogens (primary N) is 1. The quantitative estimate of drug-likeness (QED) is 0.640. The molecule has 0 fully saturated rings. The number of hydrogen-bond acceptors (Lipinski definition) is 4. The summed E-state index contributed by atoms with van der Waals surface area (Å²) in [7, 11) is 0. The molecule has 1 amide bonds. The molecule has 7 nitrogen and oxygen atoms in total. The Bertz CT molecular complexity index is 729. The van der Waals surface area contributed by atoms with Gasteiger partial charge in [-0.15, -0.1) is 0 Å². The zero-order chi connectivity index (χ0) is 19.6. The smallest absolute Gasteiger partial charge is 0.475 e. The van der Waals surface area contributed by atoms with Gasteiger partial charge < -0.3 is 20.7 Å². The van der Waals surface area contributed by atoms with Crippen LogP contribution >= 0.6 is 0 Å². The van der Waals surface area contributed by atoms with Gasteiger partial charge in [-0.3, -0.25) is 4.79 Å². The van der Waals surface area contributed by atoms with Crippen LogP contribution in [-0.2, 0) is 24.1 Å². The molecule has 0 atom stereocenters. The van der Waals surface area contributed by atoms with Gasteiger partial charge in [-0.25, -0.2) is 4.79 Å². The van der Waals surface area contributed by atoms with Gasteiger partial charge in [0.05, 0.1) is 11.1 Å². The fourth-order valence-corrected chi connectivity index (χ4v) is 2.16. The number of halogens is 6. The van der Waals surface area contributed by atoms with Crippen LogP contribution in [0.2, 0.25) is 0 Å². The molecule has 2 rings (SSSR count). The van der Waals surface area contributed by atoms with Crippen molar-refractivity contribution in [2.45, 2.75) is 25.4 Å². The van der Waals surface area contributed by atoms with Crippen LogP contribution in [0.1, 0.15) is 27.3 Å². The second-order valence-electron chi connectivity index (χ2n) is 4.65. The van der Waals surface area contributed by atoms with E-state index in [4.69, 9.17) is 20.9 Å². The average molecular weight is 372 g/mol. The maximum absolute atomic E-state index is 13.0. The normalized spacial score (nSPS) is 14.0. The number of nitrogens with one attached hydrogen (secondary N) is 1. The molecule has 0 aliphatic carbocycles. The summed E-state index contributed by atoms with van der Waals surface area (Å²) in [6.45, 7) is 0.475.